The summed E-state index contributed by atoms with van der Waals surface area (Å²) < 4.78 is 1.48. The van der Waals surface area contributed by atoms with Crippen molar-refractivity contribution in [3.8, 4) is 5.95 Å². The van der Waals surface area contributed by atoms with Gasteiger partial charge in [0.05, 0.1) is 5.75 Å². The molecule has 9 nitrogen and oxygen atoms in total. The lowest BCUT2D eigenvalue weighted by atomic mass is 10.4. The second-order valence-electron chi connectivity index (χ2n) is 4.85. The molecule has 0 aromatic carbocycles. The molecule has 1 aliphatic rings. The van der Waals surface area contributed by atoms with Crippen LogP contribution in [0.15, 0.2) is 11.5 Å². The summed E-state index contributed by atoms with van der Waals surface area (Å²) in [6, 6.07) is 0. The summed E-state index contributed by atoms with van der Waals surface area (Å²) in [5, 5.41) is 7.81. The van der Waals surface area contributed by atoms with Crippen molar-refractivity contribution in [2.75, 3.05) is 17.6 Å². The lowest BCUT2D eigenvalue weighted by Crippen LogP contribution is -2.13. The van der Waals surface area contributed by atoms with Crippen LogP contribution in [0.2, 0.25) is 0 Å². The van der Waals surface area contributed by atoms with E-state index in [4.69, 9.17) is 5.73 Å². The molecule has 0 aliphatic heterocycles. The number of hydrogen-bond acceptors (Lipinski definition) is 8. The molecule has 1 saturated carbocycles. The van der Waals surface area contributed by atoms with Crippen molar-refractivity contribution in [1.82, 2.24) is 29.7 Å². The van der Waals surface area contributed by atoms with Gasteiger partial charge in [0.1, 0.15) is 12.2 Å². The van der Waals surface area contributed by atoms with E-state index in [2.05, 4.69) is 30.4 Å². The third kappa shape index (κ3) is 3.50. The number of thioether (sulfide) groups is 1. The van der Waals surface area contributed by atoms with Crippen LogP contribution in [0, 0.1) is 0 Å². The van der Waals surface area contributed by atoms with Crippen LogP contribution in [-0.4, -0.2) is 47.9 Å². The Labute approximate surface area is 131 Å². The van der Waals surface area contributed by atoms with Gasteiger partial charge >= 0.3 is 0 Å². The van der Waals surface area contributed by atoms with Gasteiger partial charge in [-0.05, 0) is 19.8 Å². The van der Waals surface area contributed by atoms with Crippen LogP contribution < -0.4 is 11.1 Å². The van der Waals surface area contributed by atoms with Gasteiger partial charge in [-0.3, -0.25) is 4.79 Å². The summed E-state index contributed by atoms with van der Waals surface area (Å²) in [6.45, 7) is 2.71. The number of nitrogens with zero attached hydrogens (tertiary/aromatic N) is 6. The van der Waals surface area contributed by atoms with E-state index in [1.54, 1.807) is 0 Å². The number of anilines is 1. The zero-order chi connectivity index (χ0) is 15.5. The normalized spacial score (nSPS) is 14.0. The van der Waals surface area contributed by atoms with Crippen molar-refractivity contribution in [1.29, 1.82) is 0 Å². The number of amides is 1. The summed E-state index contributed by atoms with van der Waals surface area (Å²) in [4.78, 5) is 28.1. The number of hydrogen-bond donors (Lipinski definition) is 2. The molecule has 2 heterocycles. The van der Waals surface area contributed by atoms with Gasteiger partial charge in [-0.15, -0.1) is 5.10 Å². The molecule has 2 aromatic heterocycles. The highest BCUT2D eigenvalue weighted by Gasteiger charge is 2.28. The van der Waals surface area contributed by atoms with Crippen molar-refractivity contribution in [3.05, 3.63) is 12.2 Å². The second-order valence-corrected chi connectivity index (χ2v) is 5.79. The number of nitrogens with one attached hydrogen (secondary N) is 1. The van der Waals surface area contributed by atoms with E-state index < -0.39 is 5.91 Å². The molecule has 1 amide bonds. The van der Waals surface area contributed by atoms with Crippen LogP contribution in [-0.2, 0) is 4.79 Å². The van der Waals surface area contributed by atoms with E-state index in [-0.39, 0.29) is 5.75 Å². The zero-order valence-electron chi connectivity index (χ0n) is 12.1. The average molecular weight is 320 g/mol. The van der Waals surface area contributed by atoms with E-state index in [0.717, 1.165) is 25.2 Å². The summed E-state index contributed by atoms with van der Waals surface area (Å²) in [5.74, 6) is 1.88. The van der Waals surface area contributed by atoms with Gasteiger partial charge in [-0.1, -0.05) is 11.8 Å². The van der Waals surface area contributed by atoms with Gasteiger partial charge < -0.3 is 11.1 Å². The molecule has 0 atom stereocenters. The van der Waals surface area contributed by atoms with Crippen LogP contribution >= 0.6 is 11.8 Å². The number of rotatable bonds is 7. The molecule has 22 heavy (non-hydrogen) atoms. The third-order valence-corrected chi connectivity index (χ3v) is 3.81. The summed E-state index contributed by atoms with van der Waals surface area (Å²) >= 11 is 1.18. The Morgan fingerprint density at radius 1 is 1.45 bits per heavy atom. The van der Waals surface area contributed by atoms with Crippen molar-refractivity contribution in [2.45, 2.75) is 30.8 Å². The Kier molecular flexibility index (Phi) is 4.18. The van der Waals surface area contributed by atoms with Crippen LogP contribution in [0.25, 0.3) is 5.95 Å². The van der Waals surface area contributed by atoms with E-state index in [0.29, 0.717) is 23.0 Å². The predicted molar refractivity (Wildman–Crippen MR) is 80.8 cm³/mol. The fourth-order valence-corrected chi connectivity index (χ4v) is 2.33. The SMILES string of the molecule is CCNc1nc(C2CC2)nc(-n2cnc(SCC(N)=O)n2)n1. The molecule has 0 radical (unpaired) electrons. The van der Waals surface area contributed by atoms with E-state index in [1.165, 1.54) is 22.8 Å². The first kappa shape index (κ1) is 14.7. The first-order valence-corrected chi connectivity index (χ1v) is 7.97. The minimum absolute atomic E-state index is 0.136. The number of primary amides is 1. The van der Waals surface area contributed by atoms with Gasteiger partial charge in [-0.2, -0.15) is 19.6 Å². The third-order valence-electron chi connectivity index (χ3n) is 2.94. The number of carbonyl (C=O) groups excluding carboxylic acids is 1. The van der Waals surface area contributed by atoms with Crippen LogP contribution in [0.5, 0.6) is 0 Å². The Hall–Kier alpha value is -2.23. The summed E-state index contributed by atoms with van der Waals surface area (Å²) in [6.07, 6.45) is 3.73. The molecule has 3 rings (SSSR count). The maximum Gasteiger partial charge on any atom is 0.257 e. The van der Waals surface area contributed by atoms with Gasteiger partial charge in [0.25, 0.3) is 5.95 Å². The Balaban J connectivity index is 1.85. The largest absolute Gasteiger partial charge is 0.369 e. The van der Waals surface area contributed by atoms with Crippen LogP contribution in [0.1, 0.15) is 31.5 Å². The first-order valence-electron chi connectivity index (χ1n) is 6.98. The Morgan fingerprint density at radius 2 is 2.27 bits per heavy atom. The fourth-order valence-electron chi connectivity index (χ4n) is 1.79. The molecular weight excluding hydrogens is 304 g/mol. The molecule has 0 spiro atoms. The first-order chi connectivity index (χ1) is 10.7. The van der Waals surface area contributed by atoms with Crippen molar-refractivity contribution < 1.29 is 4.79 Å². The smallest absolute Gasteiger partial charge is 0.257 e. The van der Waals surface area contributed by atoms with Crippen molar-refractivity contribution >= 4 is 23.6 Å². The zero-order valence-corrected chi connectivity index (χ0v) is 12.9. The highest BCUT2D eigenvalue weighted by molar-refractivity contribution is 7.99. The highest BCUT2D eigenvalue weighted by atomic mass is 32.2. The quantitative estimate of drug-likeness (QED) is 0.700. The molecule has 2 aromatic rings. The second kappa shape index (κ2) is 6.26. The molecule has 1 aliphatic carbocycles. The molecule has 0 bridgehead atoms. The van der Waals surface area contributed by atoms with Crippen molar-refractivity contribution in [2.24, 2.45) is 5.73 Å². The molecule has 10 heteroatoms. The number of carbonyl (C=O) groups is 1. The van der Waals surface area contributed by atoms with Gasteiger partial charge in [0, 0.05) is 12.5 Å². The molecule has 1 fully saturated rings. The summed E-state index contributed by atoms with van der Waals surface area (Å²) in [7, 11) is 0. The minimum atomic E-state index is -0.410. The lowest BCUT2D eigenvalue weighted by Gasteiger charge is -2.06. The monoisotopic (exact) mass is 320 g/mol. The highest BCUT2D eigenvalue weighted by Crippen LogP contribution is 2.38. The Morgan fingerprint density at radius 3 is 2.95 bits per heavy atom. The van der Waals surface area contributed by atoms with Gasteiger partial charge in [0.15, 0.2) is 0 Å². The molecular formula is C12H16N8OS. The predicted octanol–water partition coefficient (Wildman–Crippen LogP) is 0.339. The molecule has 116 valence electrons. The summed E-state index contributed by atoms with van der Waals surface area (Å²) in [5.41, 5.74) is 5.11. The molecule has 3 N–H and O–H groups in total. The Bertz CT molecular complexity index is 684. The van der Waals surface area contributed by atoms with E-state index in [1.807, 2.05) is 6.92 Å². The van der Waals surface area contributed by atoms with Crippen molar-refractivity contribution in [3.63, 3.8) is 0 Å². The van der Waals surface area contributed by atoms with Gasteiger partial charge in [0.2, 0.25) is 17.0 Å². The van der Waals surface area contributed by atoms with Crippen LogP contribution in [0.4, 0.5) is 5.95 Å². The van der Waals surface area contributed by atoms with Crippen LogP contribution in [0.3, 0.4) is 0 Å². The molecule has 0 unspecified atom stereocenters. The number of nitrogens with two attached hydrogens (primary N) is 1. The minimum Gasteiger partial charge on any atom is -0.369 e. The lowest BCUT2D eigenvalue weighted by molar-refractivity contribution is -0.115. The maximum atomic E-state index is 10.8. The maximum absolute atomic E-state index is 10.8. The number of aromatic nitrogens is 6. The average Bonchev–Trinajstić information content (AvgIpc) is 3.24. The topological polar surface area (TPSA) is 124 Å². The van der Waals surface area contributed by atoms with Gasteiger partial charge in [-0.25, -0.2) is 4.98 Å². The fraction of sp³-hybridized carbons (Fsp3) is 0.500. The van der Waals surface area contributed by atoms with E-state index in [9.17, 15) is 4.79 Å². The van der Waals surface area contributed by atoms with E-state index >= 15 is 0 Å². The molecule has 0 saturated heterocycles. The standard InChI is InChI=1S/C12H16N8OS/c1-2-14-10-16-9(7-3-4-7)17-11(18-10)20-6-15-12(19-20)22-5-8(13)21/h6-7H,2-5H2,1H3,(H2,13,21)(H,14,16,17,18).